The van der Waals surface area contributed by atoms with Crippen molar-refractivity contribution in [2.45, 2.75) is 25.9 Å². The summed E-state index contributed by atoms with van der Waals surface area (Å²) in [5, 5.41) is 11.1. The van der Waals surface area contributed by atoms with Gasteiger partial charge in [-0.2, -0.15) is 0 Å². The van der Waals surface area contributed by atoms with Gasteiger partial charge < -0.3 is 16.2 Å². The predicted molar refractivity (Wildman–Crippen MR) is 38.7 cm³/mol. The van der Waals surface area contributed by atoms with Crippen LogP contribution in [0.2, 0.25) is 0 Å². The van der Waals surface area contributed by atoms with Gasteiger partial charge in [0.05, 0.1) is 0 Å². The average molecular weight is 146 g/mol. The Morgan fingerprint density at radius 3 is 2.50 bits per heavy atom. The third kappa shape index (κ3) is 4.29. The molecular formula is C6H14N2O2. The molecule has 0 amide bonds. The fraction of sp³-hybridized carbons (Fsp3) is 0.833. The summed E-state index contributed by atoms with van der Waals surface area (Å²) in [6.45, 7) is 3.94. The van der Waals surface area contributed by atoms with Crippen molar-refractivity contribution in [1.82, 2.24) is 5.32 Å². The van der Waals surface area contributed by atoms with Crippen LogP contribution in [0.25, 0.3) is 0 Å². The van der Waals surface area contributed by atoms with Gasteiger partial charge in [-0.1, -0.05) is 0 Å². The van der Waals surface area contributed by atoms with Gasteiger partial charge in [-0.05, 0) is 13.8 Å². The monoisotopic (exact) mass is 146 g/mol. The Balaban J connectivity index is 3.40. The molecule has 4 nitrogen and oxygen atoms in total. The van der Waals surface area contributed by atoms with Gasteiger partial charge in [-0.15, -0.1) is 0 Å². The standard InChI is InChI=1S/C6H14N2O2/c1-4(7)3-8-5(2)6(9)10/h4-5,8H,3,7H2,1-2H3,(H,9,10)/t4-,5+/m0/s1. The maximum atomic E-state index is 10.2. The maximum absolute atomic E-state index is 10.2. The van der Waals surface area contributed by atoms with Crippen LogP contribution in [0.4, 0.5) is 0 Å². The van der Waals surface area contributed by atoms with Gasteiger partial charge >= 0.3 is 5.97 Å². The normalized spacial score (nSPS) is 16.3. The molecule has 0 radical (unpaired) electrons. The van der Waals surface area contributed by atoms with Gasteiger partial charge in [0.2, 0.25) is 0 Å². The Morgan fingerprint density at radius 2 is 2.20 bits per heavy atom. The van der Waals surface area contributed by atoms with E-state index in [0.717, 1.165) is 0 Å². The number of carboxylic acid groups (broad SMARTS) is 1. The number of hydrogen-bond donors (Lipinski definition) is 3. The second-order valence-corrected chi connectivity index (χ2v) is 2.45. The van der Waals surface area contributed by atoms with Crippen molar-refractivity contribution in [1.29, 1.82) is 0 Å². The molecule has 0 spiro atoms. The first-order valence-corrected chi connectivity index (χ1v) is 3.25. The molecule has 0 aliphatic carbocycles. The molecule has 0 unspecified atom stereocenters. The van der Waals surface area contributed by atoms with Crippen LogP contribution in [0.5, 0.6) is 0 Å². The number of carbonyl (C=O) groups is 1. The number of rotatable bonds is 4. The number of nitrogens with one attached hydrogen (secondary N) is 1. The number of aliphatic carboxylic acids is 1. The highest BCUT2D eigenvalue weighted by atomic mass is 16.4. The molecule has 0 heterocycles. The predicted octanol–water partition coefficient (Wildman–Crippen LogP) is -0.604. The van der Waals surface area contributed by atoms with E-state index in [-0.39, 0.29) is 6.04 Å². The Morgan fingerprint density at radius 1 is 1.70 bits per heavy atom. The largest absolute Gasteiger partial charge is 0.480 e. The summed E-state index contributed by atoms with van der Waals surface area (Å²) in [5.74, 6) is -0.847. The molecule has 0 saturated carbocycles. The molecule has 0 aliphatic rings. The summed E-state index contributed by atoms with van der Waals surface area (Å²) in [5.41, 5.74) is 5.39. The zero-order valence-corrected chi connectivity index (χ0v) is 6.29. The molecule has 2 atom stereocenters. The minimum atomic E-state index is -0.847. The smallest absolute Gasteiger partial charge is 0.320 e. The molecule has 0 bridgehead atoms. The van der Waals surface area contributed by atoms with E-state index in [4.69, 9.17) is 10.8 Å². The lowest BCUT2D eigenvalue weighted by molar-refractivity contribution is -0.138. The molecule has 60 valence electrons. The highest BCUT2D eigenvalue weighted by Gasteiger charge is 2.08. The van der Waals surface area contributed by atoms with Crippen molar-refractivity contribution in [3.05, 3.63) is 0 Å². The van der Waals surface area contributed by atoms with Crippen LogP contribution in [-0.2, 0) is 4.79 Å². The highest BCUT2D eigenvalue weighted by molar-refractivity contribution is 5.72. The van der Waals surface area contributed by atoms with E-state index in [1.807, 2.05) is 6.92 Å². The first-order chi connectivity index (χ1) is 4.54. The molecule has 0 fully saturated rings. The summed E-state index contributed by atoms with van der Waals surface area (Å²) in [4.78, 5) is 10.2. The minimum absolute atomic E-state index is 0.00167. The molecule has 0 rings (SSSR count). The third-order valence-electron chi connectivity index (χ3n) is 1.12. The topological polar surface area (TPSA) is 75.3 Å². The summed E-state index contributed by atoms with van der Waals surface area (Å²) in [6.07, 6.45) is 0. The van der Waals surface area contributed by atoms with Crippen LogP contribution in [-0.4, -0.2) is 29.7 Å². The first-order valence-electron chi connectivity index (χ1n) is 3.25. The number of hydrogen-bond acceptors (Lipinski definition) is 3. The van der Waals surface area contributed by atoms with Gasteiger partial charge in [-0.25, -0.2) is 0 Å². The van der Waals surface area contributed by atoms with Crippen LogP contribution in [0, 0.1) is 0 Å². The molecule has 4 N–H and O–H groups in total. The van der Waals surface area contributed by atoms with Crippen molar-refractivity contribution in [3.63, 3.8) is 0 Å². The fourth-order valence-electron chi connectivity index (χ4n) is 0.450. The molecule has 4 heteroatoms. The van der Waals surface area contributed by atoms with Crippen LogP contribution < -0.4 is 11.1 Å². The van der Waals surface area contributed by atoms with Crippen molar-refractivity contribution in [3.8, 4) is 0 Å². The Kier molecular flexibility index (Phi) is 3.99. The van der Waals surface area contributed by atoms with Crippen LogP contribution >= 0.6 is 0 Å². The summed E-state index contributed by atoms with van der Waals surface area (Å²) in [6, 6.07) is -0.507. The second kappa shape index (κ2) is 4.24. The average Bonchev–Trinajstić information content (AvgIpc) is 1.82. The second-order valence-electron chi connectivity index (χ2n) is 2.45. The van der Waals surface area contributed by atoms with Gasteiger partial charge in [0, 0.05) is 12.6 Å². The molecule has 0 aliphatic heterocycles. The Bertz CT molecular complexity index is 114. The van der Waals surface area contributed by atoms with E-state index in [0.29, 0.717) is 6.54 Å². The number of nitrogens with two attached hydrogens (primary N) is 1. The van der Waals surface area contributed by atoms with Gasteiger partial charge in [0.1, 0.15) is 6.04 Å². The molecule has 0 aromatic heterocycles. The van der Waals surface area contributed by atoms with Gasteiger partial charge in [0.15, 0.2) is 0 Å². The van der Waals surface area contributed by atoms with Crippen molar-refractivity contribution in [2.75, 3.05) is 6.54 Å². The van der Waals surface area contributed by atoms with Crippen molar-refractivity contribution < 1.29 is 9.90 Å². The minimum Gasteiger partial charge on any atom is -0.480 e. The first kappa shape index (κ1) is 9.39. The van der Waals surface area contributed by atoms with E-state index in [1.54, 1.807) is 6.92 Å². The van der Waals surface area contributed by atoms with E-state index in [9.17, 15) is 4.79 Å². The van der Waals surface area contributed by atoms with E-state index in [2.05, 4.69) is 5.32 Å². The summed E-state index contributed by atoms with van der Waals surface area (Å²) in [7, 11) is 0. The lowest BCUT2D eigenvalue weighted by atomic mass is 10.3. The Hall–Kier alpha value is -0.610. The van der Waals surface area contributed by atoms with E-state index >= 15 is 0 Å². The summed E-state index contributed by atoms with van der Waals surface area (Å²) >= 11 is 0. The third-order valence-corrected chi connectivity index (χ3v) is 1.12. The van der Waals surface area contributed by atoms with Crippen molar-refractivity contribution in [2.24, 2.45) is 5.73 Å². The molecule has 0 saturated heterocycles. The number of carboxylic acids is 1. The molecule has 0 aromatic carbocycles. The van der Waals surface area contributed by atoms with Gasteiger partial charge in [-0.3, -0.25) is 4.79 Å². The lowest BCUT2D eigenvalue weighted by Crippen LogP contribution is -2.40. The maximum Gasteiger partial charge on any atom is 0.320 e. The molecular weight excluding hydrogens is 132 g/mol. The molecule has 10 heavy (non-hydrogen) atoms. The Labute approximate surface area is 60.4 Å². The molecule has 0 aromatic rings. The zero-order valence-electron chi connectivity index (χ0n) is 6.29. The van der Waals surface area contributed by atoms with Crippen LogP contribution in [0.1, 0.15) is 13.8 Å². The summed E-state index contributed by atoms with van der Waals surface area (Å²) < 4.78 is 0. The quantitative estimate of drug-likeness (QED) is 0.495. The van der Waals surface area contributed by atoms with Gasteiger partial charge in [0.25, 0.3) is 0 Å². The van der Waals surface area contributed by atoms with Crippen molar-refractivity contribution >= 4 is 5.97 Å². The van der Waals surface area contributed by atoms with Crippen LogP contribution in [0.3, 0.4) is 0 Å². The zero-order chi connectivity index (χ0) is 8.15. The van der Waals surface area contributed by atoms with Crippen LogP contribution in [0.15, 0.2) is 0 Å². The van der Waals surface area contributed by atoms with E-state index in [1.165, 1.54) is 0 Å². The fourth-order valence-corrected chi connectivity index (χ4v) is 0.450. The SMILES string of the molecule is C[C@H](N)CN[C@H](C)C(=O)O. The highest BCUT2D eigenvalue weighted by Crippen LogP contribution is 1.80. The lowest BCUT2D eigenvalue weighted by Gasteiger charge is -2.10. The van der Waals surface area contributed by atoms with E-state index < -0.39 is 12.0 Å².